The van der Waals surface area contributed by atoms with Crippen molar-refractivity contribution in [3.63, 3.8) is 0 Å². The van der Waals surface area contributed by atoms with Crippen molar-refractivity contribution in [2.24, 2.45) is 5.73 Å². The van der Waals surface area contributed by atoms with E-state index in [4.69, 9.17) is 16.2 Å². The zero-order valence-electron chi connectivity index (χ0n) is 21.3. The minimum atomic E-state index is -1.08. The maximum Gasteiger partial charge on any atom is 0.273 e. The van der Waals surface area contributed by atoms with Crippen LogP contribution in [0.1, 0.15) is 50.2 Å². The molecule has 200 valence electrons. The summed E-state index contributed by atoms with van der Waals surface area (Å²) in [6.07, 6.45) is 3.39. The molecule has 1 aliphatic rings. The number of nitrogens with one attached hydrogen (secondary N) is 1. The number of amides is 3. The van der Waals surface area contributed by atoms with E-state index >= 15 is 0 Å². The second-order valence-corrected chi connectivity index (χ2v) is 10.2. The lowest BCUT2D eigenvalue weighted by molar-refractivity contribution is -0.123. The molecule has 0 aliphatic carbocycles. The highest BCUT2D eigenvalue weighted by Crippen LogP contribution is 2.34. The van der Waals surface area contributed by atoms with Gasteiger partial charge in [0.05, 0.1) is 17.3 Å². The summed E-state index contributed by atoms with van der Waals surface area (Å²) in [5.41, 5.74) is 14.0. The van der Waals surface area contributed by atoms with Gasteiger partial charge in [-0.05, 0) is 67.2 Å². The van der Waals surface area contributed by atoms with Gasteiger partial charge in [0.1, 0.15) is 10.9 Å². The lowest BCUT2D eigenvalue weighted by atomic mass is 10.00. The molecule has 5 rings (SSSR count). The first-order chi connectivity index (χ1) is 18.8. The number of fused-ring (bicyclic) bond motifs is 1. The normalized spacial score (nSPS) is 15.7. The van der Waals surface area contributed by atoms with Crippen LogP contribution in [0.3, 0.4) is 0 Å². The Morgan fingerprint density at radius 1 is 1.18 bits per heavy atom. The first kappa shape index (κ1) is 26.3. The van der Waals surface area contributed by atoms with Gasteiger partial charge in [-0.25, -0.2) is 0 Å². The Labute approximate surface area is 229 Å². The fraction of sp³-hybridized carbons (Fsp3) is 0.250. The molecule has 10 nitrogen and oxygen atoms in total. The number of nitrogens with zero attached hydrogens (tertiary/aromatic N) is 3. The van der Waals surface area contributed by atoms with Gasteiger partial charge >= 0.3 is 0 Å². The average molecular weight is 545 g/mol. The standard InChI is InChI=1S/C28H28N6O4S/c1-16-6-9-19(10-7-16)34(28(37)25-22(29)23(26(30)35)33-39-25)24(27(36)32-15-20-5-3-13-38-20)18-8-11-21-17(14-18)4-2-12-31-21/h2,4,6-12,14,20,24H,3,5,13,15,29H2,1H3,(H2,30,35)(H,32,36)/t20-,24+/m0/s1. The quantitative estimate of drug-likeness (QED) is 0.307. The van der Waals surface area contributed by atoms with Crippen LogP contribution >= 0.6 is 11.5 Å². The number of primary amides is 1. The van der Waals surface area contributed by atoms with E-state index in [2.05, 4.69) is 14.7 Å². The van der Waals surface area contributed by atoms with Crippen LogP contribution in [0.4, 0.5) is 11.4 Å². The van der Waals surface area contributed by atoms with E-state index in [1.807, 2.05) is 43.3 Å². The Morgan fingerprint density at radius 2 is 1.97 bits per heavy atom. The summed E-state index contributed by atoms with van der Waals surface area (Å²) in [6, 6.07) is 15.3. The summed E-state index contributed by atoms with van der Waals surface area (Å²) in [5, 5.41) is 3.80. The molecule has 0 saturated carbocycles. The number of hydrogen-bond donors (Lipinski definition) is 3. The van der Waals surface area contributed by atoms with Crippen LogP contribution < -0.4 is 21.7 Å². The van der Waals surface area contributed by atoms with Crippen molar-refractivity contribution >= 4 is 51.5 Å². The number of aromatic nitrogens is 2. The second-order valence-electron chi connectivity index (χ2n) is 9.39. The number of carbonyl (C=O) groups excluding carboxylic acids is 3. The number of carbonyl (C=O) groups is 3. The molecule has 0 bridgehead atoms. The van der Waals surface area contributed by atoms with Crippen LogP contribution in [0.2, 0.25) is 0 Å². The molecular formula is C28H28N6O4S. The molecule has 1 saturated heterocycles. The van der Waals surface area contributed by atoms with Crippen molar-refractivity contribution < 1.29 is 19.1 Å². The topological polar surface area (TPSA) is 154 Å². The molecule has 11 heteroatoms. The molecule has 1 aliphatic heterocycles. The molecule has 0 unspecified atom stereocenters. The number of nitrogens with two attached hydrogens (primary N) is 2. The second kappa shape index (κ2) is 11.2. The molecule has 2 aromatic carbocycles. The number of hydrogen-bond acceptors (Lipinski definition) is 8. The van der Waals surface area contributed by atoms with Gasteiger partial charge in [0.2, 0.25) is 5.91 Å². The molecule has 3 amide bonds. The monoisotopic (exact) mass is 544 g/mol. The molecule has 1 fully saturated rings. The van der Waals surface area contributed by atoms with E-state index in [1.165, 1.54) is 4.90 Å². The average Bonchev–Trinajstić information content (AvgIpc) is 3.60. The summed E-state index contributed by atoms with van der Waals surface area (Å²) in [6.45, 7) is 2.90. The maximum absolute atomic E-state index is 14.2. The van der Waals surface area contributed by atoms with Gasteiger partial charge < -0.3 is 21.5 Å². The molecular weight excluding hydrogens is 516 g/mol. The summed E-state index contributed by atoms with van der Waals surface area (Å²) >= 11 is 0.771. The SMILES string of the molecule is Cc1ccc(N(C(=O)c2snc(C(N)=O)c2N)[C@@H](C(=O)NC[C@@H]2CCCO2)c2ccc3ncccc3c2)cc1. The van der Waals surface area contributed by atoms with Gasteiger partial charge in [0.15, 0.2) is 5.69 Å². The van der Waals surface area contributed by atoms with E-state index in [9.17, 15) is 14.4 Å². The molecule has 3 heterocycles. The molecule has 0 radical (unpaired) electrons. The van der Waals surface area contributed by atoms with E-state index in [0.29, 0.717) is 24.4 Å². The molecule has 4 aromatic rings. The Morgan fingerprint density at radius 3 is 2.67 bits per heavy atom. The third-order valence-corrected chi connectivity index (χ3v) is 7.51. The lowest BCUT2D eigenvalue weighted by Gasteiger charge is -2.32. The van der Waals surface area contributed by atoms with Gasteiger partial charge in [0, 0.05) is 30.4 Å². The van der Waals surface area contributed by atoms with Gasteiger partial charge in [0.25, 0.3) is 11.8 Å². The zero-order valence-corrected chi connectivity index (χ0v) is 22.1. The van der Waals surface area contributed by atoms with Crippen LogP contribution in [-0.4, -0.2) is 46.3 Å². The zero-order chi connectivity index (χ0) is 27.5. The van der Waals surface area contributed by atoms with Crippen molar-refractivity contribution in [1.82, 2.24) is 14.7 Å². The first-order valence-corrected chi connectivity index (χ1v) is 13.3. The van der Waals surface area contributed by atoms with Crippen LogP contribution in [0.15, 0.2) is 60.8 Å². The minimum absolute atomic E-state index is 0.0174. The maximum atomic E-state index is 14.2. The first-order valence-electron chi connectivity index (χ1n) is 12.5. The highest BCUT2D eigenvalue weighted by Gasteiger charge is 2.36. The highest BCUT2D eigenvalue weighted by molar-refractivity contribution is 7.09. The van der Waals surface area contributed by atoms with Crippen molar-refractivity contribution in [3.8, 4) is 0 Å². The van der Waals surface area contributed by atoms with Crippen LogP contribution in [0, 0.1) is 6.92 Å². The highest BCUT2D eigenvalue weighted by atomic mass is 32.1. The minimum Gasteiger partial charge on any atom is -0.395 e. The van der Waals surface area contributed by atoms with Gasteiger partial charge in [-0.3, -0.25) is 24.3 Å². The Balaban J connectivity index is 1.63. The summed E-state index contributed by atoms with van der Waals surface area (Å²) < 4.78 is 9.69. The molecule has 2 atom stereocenters. The van der Waals surface area contributed by atoms with Crippen molar-refractivity contribution in [1.29, 1.82) is 0 Å². The van der Waals surface area contributed by atoms with E-state index in [1.54, 1.807) is 24.4 Å². The van der Waals surface area contributed by atoms with Gasteiger partial charge in [-0.15, -0.1) is 0 Å². The predicted molar refractivity (Wildman–Crippen MR) is 150 cm³/mol. The Bertz CT molecular complexity index is 1530. The molecule has 0 spiro atoms. The number of pyridine rings is 1. The number of ether oxygens (including phenoxy) is 1. The van der Waals surface area contributed by atoms with Crippen LogP contribution in [0.25, 0.3) is 10.9 Å². The van der Waals surface area contributed by atoms with Crippen LogP contribution in [-0.2, 0) is 9.53 Å². The van der Waals surface area contributed by atoms with Gasteiger partial charge in [-0.1, -0.05) is 29.8 Å². The third kappa shape index (κ3) is 5.45. The molecule has 5 N–H and O–H groups in total. The van der Waals surface area contributed by atoms with E-state index in [-0.39, 0.29) is 28.3 Å². The number of aryl methyl sites for hydroxylation is 1. The summed E-state index contributed by atoms with van der Waals surface area (Å²) in [5.74, 6) is -1.80. The van der Waals surface area contributed by atoms with Crippen molar-refractivity contribution in [2.75, 3.05) is 23.8 Å². The smallest absolute Gasteiger partial charge is 0.273 e. The molecule has 2 aromatic heterocycles. The number of nitrogen functional groups attached to an aromatic ring is 1. The fourth-order valence-electron chi connectivity index (χ4n) is 4.63. The largest absolute Gasteiger partial charge is 0.395 e. The fourth-order valence-corrected chi connectivity index (χ4v) is 5.37. The Hall–Kier alpha value is -4.35. The Kier molecular flexibility index (Phi) is 7.53. The summed E-state index contributed by atoms with van der Waals surface area (Å²) in [4.78, 5) is 45.7. The van der Waals surface area contributed by atoms with Crippen molar-refractivity contribution in [3.05, 3.63) is 82.5 Å². The number of rotatable bonds is 8. The van der Waals surface area contributed by atoms with E-state index in [0.717, 1.165) is 40.8 Å². The third-order valence-electron chi connectivity index (χ3n) is 6.66. The predicted octanol–water partition coefficient (Wildman–Crippen LogP) is 3.36. The number of anilines is 2. The lowest BCUT2D eigenvalue weighted by Crippen LogP contribution is -2.45. The number of benzene rings is 2. The van der Waals surface area contributed by atoms with Gasteiger partial charge in [-0.2, -0.15) is 4.37 Å². The van der Waals surface area contributed by atoms with E-state index < -0.39 is 17.9 Å². The van der Waals surface area contributed by atoms with Crippen LogP contribution in [0.5, 0.6) is 0 Å². The summed E-state index contributed by atoms with van der Waals surface area (Å²) in [7, 11) is 0. The molecule has 39 heavy (non-hydrogen) atoms. The van der Waals surface area contributed by atoms with Crippen molar-refractivity contribution in [2.45, 2.75) is 31.9 Å².